The van der Waals surface area contributed by atoms with Crippen LogP contribution in [0.5, 0.6) is 0 Å². The Bertz CT molecular complexity index is 488. The van der Waals surface area contributed by atoms with Crippen LogP contribution < -0.4 is 0 Å². The number of nitrogens with zero attached hydrogens (tertiary/aromatic N) is 3. The molecule has 0 saturated carbocycles. The van der Waals surface area contributed by atoms with Crippen molar-refractivity contribution in [2.75, 3.05) is 14.1 Å². The molecule has 0 unspecified atom stereocenters. The average molecular weight is 203 g/mol. The van der Waals surface area contributed by atoms with E-state index in [1.165, 1.54) is 4.68 Å². The highest BCUT2D eigenvalue weighted by Crippen LogP contribution is 2.21. The van der Waals surface area contributed by atoms with Crippen LogP contribution in [0.2, 0.25) is 0 Å². The van der Waals surface area contributed by atoms with Crippen LogP contribution in [0.1, 0.15) is 5.56 Å². The van der Waals surface area contributed by atoms with Crippen LogP contribution in [0.4, 0.5) is 0 Å². The van der Waals surface area contributed by atoms with Crippen LogP contribution in [-0.4, -0.2) is 23.7 Å². The van der Waals surface area contributed by atoms with E-state index < -0.39 is 0 Å². The molecule has 78 valence electrons. The van der Waals surface area contributed by atoms with Gasteiger partial charge in [0, 0.05) is 18.1 Å². The second-order valence-electron chi connectivity index (χ2n) is 3.84. The quantitative estimate of drug-likeness (QED) is 0.717. The SMILES string of the molecule is CN(C)Cc1cn(N=O)c2ccccc12. The number of hydrogen-bond acceptors (Lipinski definition) is 3. The van der Waals surface area contributed by atoms with Gasteiger partial charge < -0.3 is 4.90 Å². The van der Waals surface area contributed by atoms with Crippen molar-refractivity contribution in [2.24, 2.45) is 5.29 Å². The zero-order valence-electron chi connectivity index (χ0n) is 8.84. The molecular weight excluding hydrogens is 190 g/mol. The number of hydrogen-bond donors (Lipinski definition) is 0. The number of rotatable bonds is 3. The molecule has 0 saturated heterocycles. The molecule has 0 bridgehead atoms. The predicted molar refractivity (Wildman–Crippen MR) is 60.5 cm³/mol. The van der Waals surface area contributed by atoms with Gasteiger partial charge in [0.25, 0.3) is 0 Å². The molecule has 0 spiro atoms. The van der Waals surface area contributed by atoms with Crippen LogP contribution in [0.3, 0.4) is 0 Å². The van der Waals surface area contributed by atoms with E-state index >= 15 is 0 Å². The van der Waals surface area contributed by atoms with Gasteiger partial charge in [-0.3, -0.25) is 0 Å². The molecule has 1 aromatic carbocycles. The Labute approximate surface area is 88.1 Å². The highest BCUT2D eigenvalue weighted by Gasteiger charge is 2.08. The Morgan fingerprint density at radius 1 is 1.33 bits per heavy atom. The minimum absolute atomic E-state index is 0.809. The van der Waals surface area contributed by atoms with Gasteiger partial charge in [-0.05, 0) is 25.7 Å². The normalized spacial score (nSPS) is 11.1. The maximum absolute atomic E-state index is 10.6. The summed E-state index contributed by atoms with van der Waals surface area (Å²) >= 11 is 0. The van der Waals surface area contributed by atoms with E-state index in [1.807, 2.05) is 38.4 Å². The van der Waals surface area contributed by atoms with Crippen molar-refractivity contribution in [1.82, 2.24) is 9.58 Å². The van der Waals surface area contributed by atoms with E-state index in [2.05, 4.69) is 10.2 Å². The summed E-state index contributed by atoms with van der Waals surface area (Å²) in [6.07, 6.45) is 1.79. The van der Waals surface area contributed by atoms with Gasteiger partial charge in [0.2, 0.25) is 0 Å². The first-order valence-electron chi connectivity index (χ1n) is 4.79. The fourth-order valence-corrected chi connectivity index (χ4v) is 1.77. The lowest BCUT2D eigenvalue weighted by atomic mass is 10.2. The fourth-order valence-electron chi connectivity index (χ4n) is 1.77. The summed E-state index contributed by atoms with van der Waals surface area (Å²) in [5.74, 6) is 0. The first-order chi connectivity index (χ1) is 7.22. The lowest BCUT2D eigenvalue weighted by molar-refractivity contribution is 0.403. The summed E-state index contributed by atoms with van der Waals surface area (Å²) in [7, 11) is 4.00. The molecule has 4 heteroatoms. The standard InChI is InChI=1S/C11H13N3O/c1-13(2)7-9-8-14(12-15)11-6-4-3-5-10(9)11/h3-6,8H,7H2,1-2H3. The van der Waals surface area contributed by atoms with Crippen molar-refractivity contribution in [3.8, 4) is 0 Å². The smallest absolute Gasteiger partial charge is 0.0754 e. The lowest BCUT2D eigenvalue weighted by Gasteiger charge is -2.07. The highest BCUT2D eigenvalue weighted by molar-refractivity contribution is 5.83. The molecule has 0 aliphatic rings. The molecule has 2 rings (SSSR count). The van der Waals surface area contributed by atoms with E-state index in [1.54, 1.807) is 6.20 Å². The van der Waals surface area contributed by atoms with Crippen molar-refractivity contribution in [3.63, 3.8) is 0 Å². The molecule has 0 amide bonds. The first kappa shape index (κ1) is 9.86. The molecule has 0 aliphatic heterocycles. The maximum atomic E-state index is 10.6. The van der Waals surface area contributed by atoms with Crippen LogP contribution in [0, 0.1) is 4.91 Å². The van der Waals surface area contributed by atoms with E-state index in [9.17, 15) is 4.91 Å². The second-order valence-corrected chi connectivity index (χ2v) is 3.84. The van der Waals surface area contributed by atoms with Gasteiger partial charge in [0.05, 0.1) is 10.8 Å². The summed E-state index contributed by atoms with van der Waals surface area (Å²) in [5, 5.41) is 4.06. The summed E-state index contributed by atoms with van der Waals surface area (Å²) in [6, 6.07) is 7.78. The van der Waals surface area contributed by atoms with E-state index in [4.69, 9.17) is 0 Å². The van der Waals surface area contributed by atoms with Gasteiger partial charge in [0.15, 0.2) is 0 Å². The molecule has 1 aromatic heterocycles. The Hall–Kier alpha value is -1.68. The molecule has 0 radical (unpaired) electrons. The third-order valence-corrected chi connectivity index (χ3v) is 2.35. The molecule has 0 aliphatic carbocycles. The van der Waals surface area contributed by atoms with Gasteiger partial charge in [-0.25, -0.2) is 4.68 Å². The fraction of sp³-hybridized carbons (Fsp3) is 0.273. The van der Waals surface area contributed by atoms with Crippen LogP contribution in [0.15, 0.2) is 35.7 Å². The Balaban J connectivity index is 2.59. The van der Waals surface area contributed by atoms with E-state index in [-0.39, 0.29) is 0 Å². The molecule has 0 N–H and O–H groups in total. The first-order valence-corrected chi connectivity index (χ1v) is 4.79. The Morgan fingerprint density at radius 3 is 2.73 bits per heavy atom. The lowest BCUT2D eigenvalue weighted by Crippen LogP contribution is -2.10. The zero-order valence-corrected chi connectivity index (χ0v) is 8.84. The van der Waals surface area contributed by atoms with Gasteiger partial charge in [-0.15, -0.1) is 4.91 Å². The van der Waals surface area contributed by atoms with Crippen LogP contribution >= 0.6 is 0 Å². The number of aromatic nitrogens is 1. The molecule has 2 aromatic rings. The van der Waals surface area contributed by atoms with Gasteiger partial charge in [0.1, 0.15) is 0 Å². The van der Waals surface area contributed by atoms with Crippen molar-refractivity contribution < 1.29 is 0 Å². The molecular formula is C11H13N3O. The van der Waals surface area contributed by atoms with E-state index in [0.717, 1.165) is 23.0 Å². The molecule has 1 heterocycles. The number of fused-ring (bicyclic) bond motifs is 1. The monoisotopic (exact) mass is 203 g/mol. The highest BCUT2D eigenvalue weighted by atomic mass is 16.3. The second kappa shape index (κ2) is 3.82. The maximum Gasteiger partial charge on any atom is 0.0754 e. The third kappa shape index (κ3) is 1.76. The third-order valence-electron chi connectivity index (χ3n) is 2.35. The minimum Gasteiger partial charge on any atom is -0.305 e. The number of benzene rings is 1. The summed E-state index contributed by atoms with van der Waals surface area (Å²) in [4.78, 5) is 12.7. The zero-order chi connectivity index (χ0) is 10.8. The topological polar surface area (TPSA) is 37.6 Å². The van der Waals surface area contributed by atoms with Crippen molar-refractivity contribution in [2.45, 2.75) is 6.54 Å². The van der Waals surface area contributed by atoms with Gasteiger partial charge in [-0.2, -0.15) is 0 Å². The predicted octanol–water partition coefficient (Wildman–Crippen LogP) is 2.23. The van der Waals surface area contributed by atoms with Gasteiger partial charge >= 0.3 is 0 Å². The summed E-state index contributed by atoms with van der Waals surface area (Å²) < 4.78 is 1.38. The van der Waals surface area contributed by atoms with E-state index in [0.29, 0.717) is 0 Å². The molecule has 4 nitrogen and oxygen atoms in total. The van der Waals surface area contributed by atoms with Crippen LogP contribution in [-0.2, 0) is 6.54 Å². The Morgan fingerprint density at radius 2 is 2.07 bits per heavy atom. The number of para-hydroxylation sites is 1. The molecule has 0 fully saturated rings. The summed E-state index contributed by atoms with van der Waals surface area (Å²) in [5.41, 5.74) is 1.99. The van der Waals surface area contributed by atoms with Crippen molar-refractivity contribution in [3.05, 3.63) is 40.9 Å². The summed E-state index contributed by atoms with van der Waals surface area (Å²) in [6.45, 7) is 0.809. The largest absolute Gasteiger partial charge is 0.305 e. The Kier molecular flexibility index (Phi) is 2.51. The molecule has 0 atom stereocenters. The van der Waals surface area contributed by atoms with Gasteiger partial charge in [-0.1, -0.05) is 18.2 Å². The van der Waals surface area contributed by atoms with Crippen LogP contribution in [0.25, 0.3) is 10.9 Å². The molecule has 15 heavy (non-hydrogen) atoms. The van der Waals surface area contributed by atoms with Crippen molar-refractivity contribution in [1.29, 1.82) is 0 Å². The van der Waals surface area contributed by atoms with Crippen molar-refractivity contribution >= 4 is 10.9 Å². The minimum atomic E-state index is 0.809. The number of nitroso groups, excluding NO2 is 1. The average Bonchev–Trinajstić information content (AvgIpc) is 2.56.